The largest absolute Gasteiger partial charge is 0.519 e. The fourth-order valence-corrected chi connectivity index (χ4v) is 46.0. The van der Waals surface area contributed by atoms with Gasteiger partial charge in [-0.2, -0.15) is 0 Å². The molecular weight excluding hydrogens is 1090 g/mol. The zero-order chi connectivity index (χ0) is 57.6. The molecule has 4 rings (SSSR count). The van der Waals surface area contributed by atoms with Crippen LogP contribution in [0.5, 0.6) is 23.0 Å². The number of ether oxygens (including phenoxy) is 4. The van der Waals surface area contributed by atoms with Crippen molar-refractivity contribution in [3.8, 4) is 23.0 Å². The standard InChI is InChI=1S/C44H62O9Si4.C12H34O3Si4/c1-13-32-56(11,51-54(5,6)7)53-57(12,52-55(8,9)10)33-18-21-35-20-15-17-23-41(35)50-43(46)48-39-30-26-37(27-31-39)44(3,4)36-24-28-38(29-25-36)47-42(45)49-40-22-16-14-19-34(40)2;1-11-12-19(10,14-17(5,6)7)15-18(8,9)13-16(2,3)4/h14-17,19-20,22-31H,13,18,21,32-33H2,1-12H3;11-12H2,1-10H3. The predicted molar refractivity (Wildman–Crippen MR) is 331 cm³/mol. The summed E-state index contributed by atoms with van der Waals surface area (Å²) >= 11 is 0. The van der Waals surface area contributed by atoms with Gasteiger partial charge in [-0.25, -0.2) is 9.59 Å². The Morgan fingerprint density at radius 1 is 0.421 bits per heavy atom. The van der Waals surface area contributed by atoms with E-state index in [1.54, 1.807) is 42.5 Å². The second-order valence-electron chi connectivity index (χ2n) is 25.2. The molecule has 0 fully saturated rings. The normalized spacial score (nSPS) is 15.0. The number of carbonyl (C=O) groups excluding carboxylic acids is 2. The van der Waals surface area contributed by atoms with Crippen molar-refractivity contribution in [2.45, 2.75) is 195 Å². The van der Waals surface area contributed by atoms with Gasteiger partial charge < -0.3 is 43.6 Å². The van der Waals surface area contributed by atoms with E-state index in [0.29, 0.717) is 29.4 Å². The first kappa shape index (κ1) is 67.2. The summed E-state index contributed by atoms with van der Waals surface area (Å²) < 4.78 is 62.1. The van der Waals surface area contributed by atoms with Crippen LogP contribution < -0.4 is 18.9 Å². The van der Waals surface area contributed by atoms with Crippen molar-refractivity contribution in [3.05, 3.63) is 119 Å². The van der Waals surface area contributed by atoms with Gasteiger partial charge in [0.05, 0.1) is 0 Å². The Balaban J connectivity index is 0.000000677. The molecule has 0 amide bonds. The summed E-state index contributed by atoms with van der Waals surface area (Å²) in [4.78, 5) is 25.4. The Morgan fingerprint density at radius 3 is 1.20 bits per heavy atom. The van der Waals surface area contributed by atoms with E-state index in [1.807, 2.05) is 61.5 Å². The van der Waals surface area contributed by atoms with Crippen molar-refractivity contribution in [1.29, 1.82) is 0 Å². The van der Waals surface area contributed by atoms with E-state index in [1.165, 1.54) is 0 Å². The van der Waals surface area contributed by atoms with Crippen LogP contribution in [0.15, 0.2) is 97.1 Å². The minimum absolute atomic E-state index is 0.371. The van der Waals surface area contributed by atoms with Crippen molar-refractivity contribution >= 4 is 79.8 Å². The first-order valence-corrected chi connectivity index (χ1v) is 51.1. The summed E-state index contributed by atoms with van der Waals surface area (Å²) in [6.45, 7) is 48.1. The van der Waals surface area contributed by atoms with Crippen molar-refractivity contribution in [1.82, 2.24) is 0 Å². The fraction of sp³-hybridized carbons (Fsp3) is 0.536. The quantitative estimate of drug-likeness (QED) is 0.0337. The maximum atomic E-state index is 13.1. The van der Waals surface area contributed by atoms with Crippen LogP contribution in [-0.4, -0.2) is 79.8 Å². The van der Waals surface area contributed by atoms with Crippen LogP contribution >= 0.6 is 0 Å². The van der Waals surface area contributed by atoms with Crippen LogP contribution in [0.2, 0.25) is 129 Å². The van der Waals surface area contributed by atoms with Gasteiger partial charge in [0.25, 0.3) is 0 Å². The molecule has 12 nitrogen and oxygen atoms in total. The van der Waals surface area contributed by atoms with E-state index in [-0.39, 0.29) is 0 Å². The molecule has 3 atom stereocenters. The summed E-state index contributed by atoms with van der Waals surface area (Å²) in [5, 5.41) is 0. The topological polar surface area (TPSA) is 126 Å². The Morgan fingerprint density at radius 2 is 0.789 bits per heavy atom. The van der Waals surface area contributed by atoms with E-state index in [2.05, 4.69) is 139 Å². The van der Waals surface area contributed by atoms with E-state index >= 15 is 0 Å². The van der Waals surface area contributed by atoms with Crippen LogP contribution in [-0.2, 0) is 36.5 Å². The van der Waals surface area contributed by atoms with Crippen LogP contribution in [0, 0.1) is 6.92 Å². The fourth-order valence-electron chi connectivity index (χ4n) is 9.50. The zero-order valence-corrected chi connectivity index (χ0v) is 58.6. The molecule has 0 radical (unpaired) electrons. The molecule has 0 N–H and O–H groups in total. The number of benzene rings is 4. The Kier molecular flexibility index (Phi) is 24.6. The minimum atomic E-state index is -2.61. The monoisotopic (exact) mass is 1180 g/mol. The summed E-state index contributed by atoms with van der Waals surface area (Å²) in [6.07, 6.45) is 2.03. The molecule has 4 aromatic rings. The molecule has 0 aliphatic carbocycles. The lowest BCUT2D eigenvalue weighted by Gasteiger charge is -2.43. The molecule has 0 heterocycles. The first-order chi connectivity index (χ1) is 34.8. The van der Waals surface area contributed by atoms with Crippen LogP contribution in [0.4, 0.5) is 9.59 Å². The molecule has 0 bridgehead atoms. The number of aryl methyl sites for hydroxylation is 2. The van der Waals surface area contributed by atoms with Crippen LogP contribution in [0.25, 0.3) is 0 Å². The Bertz CT molecular complexity index is 2450. The molecule has 4 aromatic carbocycles. The van der Waals surface area contributed by atoms with Gasteiger partial charge in [-0.1, -0.05) is 101 Å². The van der Waals surface area contributed by atoms with E-state index in [0.717, 1.165) is 59.6 Å². The van der Waals surface area contributed by atoms with Gasteiger partial charge in [0.15, 0.2) is 33.3 Å². The van der Waals surface area contributed by atoms with E-state index in [9.17, 15) is 9.59 Å². The number of hydrogen-bond donors (Lipinski definition) is 0. The highest BCUT2D eigenvalue weighted by Crippen LogP contribution is 2.35. The molecule has 76 heavy (non-hydrogen) atoms. The van der Waals surface area contributed by atoms with Crippen molar-refractivity contribution < 1.29 is 53.2 Å². The highest BCUT2D eigenvalue weighted by molar-refractivity contribution is 6.90. The SMILES string of the molecule is CCC[Si](C)(O[Si](C)(C)C)O[Si](C)(C)O[Si](C)(C)C.CCC[Si](C)(O[Si](C)(C)C)O[Si](C)(CCCc1ccccc1OC(=O)Oc1ccc(C(C)(C)c2ccc(OC(=O)Oc3ccccc3C)cc2)cc1)O[Si](C)(C)C. The smallest absolute Gasteiger partial charge is 0.437 e. The third kappa shape index (κ3) is 24.9. The van der Waals surface area contributed by atoms with Gasteiger partial charge in [-0.15, -0.1) is 0 Å². The van der Waals surface area contributed by atoms with Crippen LogP contribution in [0.3, 0.4) is 0 Å². The number of rotatable bonds is 26. The van der Waals surface area contributed by atoms with Crippen molar-refractivity contribution in [3.63, 3.8) is 0 Å². The Hall–Kier alpha value is -3.08. The summed E-state index contributed by atoms with van der Waals surface area (Å²) in [6, 6.07) is 32.3. The molecule has 0 saturated heterocycles. The first-order valence-electron chi connectivity index (χ1n) is 27.1. The molecule has 3 unspecified atom stereocenters. The molecule has 20 heteroatoms. The van der Waals surface area contributed by atoms with Gasteiger partial charge >= 0.3 is 46.6 Å². The third-order valence-electron chi connectivity index (χ3n) is 11.5. The lowest BCUT2D eigenvalue weighted by molar-refractivity contribution is 0.150. The summed E-state index contributed by atoms with van der Waals surface area (Å²) in [5.74, 6) is 1.67. The molecule has 424 valence electrons. The zero-order valence-electron chi connectivity index (χ0n) is 50.6. The molecule has 0 saturated carbocycles. The second-order valence-corrected chi connectivity index (χ2v) is 58.1. The van der Waals surface area contributed by atoms with Gasteiger partial charge in [0.1, 0.15) is 23.0 Å². The Labute approximate surface area is 467 Å². The maximum Gasteiger partial charge on any atom is 0.519 e. The summed E-state index contributed by atoms with van der Waals surface area (Å²) in [7, 11) is -16.1. The molecule has 0 spiro atoms. The van der Waals surface area contributed by atoms with Crippen molar-refractivity contribution in [2.75, 3.05) is 0 Å². The molecular formula is C56H96O12Si8. The van der Waals surface area contributed by atoms with E-state index in [4.69, 9.17) is 43.6 Å². The average molecular weight is 1190 g/mol. The van der Waals surface area contributed by atoms with Gasteiger partial charge in [0, 0.05) is 5.41 Å². The molecule has 0 aromatic heterocycles. The second kappa shape index (κ2) is 27.9. The maximum absolute atomic E-state index is 13.1. The third-order valence-corrected chi connectivity index (χ3v) is 39.7. The molecule has 0 aliphatic heterocycles. The number of hydrogen-bond acceptors (Lipinski definition) is 12. The van der Waals surface area contributed by atoms with Gasteiger partial charge in [0.2, 0.25) is 0 Å². The molecule has 0 aliphatic rings. The average Bonchev–Trinajstić information content (AvgIpc) is 3.22. The minimum Gasteiger partial charge on any atom is -0.437 e. The number of para-hydroxylation sites is 2. The van der Waals surface area contributed by atoms with Crippen molar-refractivity contribution in [2.24, 2.45) is 0 Å². The van der Waals surface area contributed by atoms with Gasteiger partial charge in [-0.3, -0.25) is 0 Å². The lowest BCUT2D eigenvalue weighted by atomic mass is 9.78. The predicted octanol–water partition coefficient (Wildman–Crippen LogP) is 17.6. The highest BCUT2D eigenvalue weighted by atomic mass is 28.5. The van der Waals surface area contributed by atoms with Crippen LogP contribution in [0.1, 0.15) is 69.2 Å². The lowest BCUT2D eigenvalue weighted by Crippen LogP contribution is -2.58. The number of carbonyl (C=O) groups is 2. The highest BCUT2D eigenvalue weighted by Gasteiger charge is 2.47. The van der Waals surface area contributed by atoms with Gasteiger partial charge in [-0.05, 0) is 208 Å². The summed E-state index contributed by atoms with van der Waals surface area (Å²) in [5.41, 5.74) is 3.36. The van der Waals surface area contributed by atoms with E-state index < -0.39 is 85.2 Å².